The molecule has 0 bridgehead atoms. The second-order valence-corrected chi connectivity index (χ2v) is 4.61. The topological polar surface area (TPSA) is 104 Å². The van der Waals surface area contributed by atoms with E-state index in [4.69, 9.17) is 0 Å². The van der Waals surface area contributed by atoms with Crippen LogP contribution in [0.25, 0.3) is 11.4 Å². The number of nitrogens with one attached hydrogen (secondary N) is 2. The Kier molecular flexibility index (Phi) is 2.96. The first-order valence-electron chi connectivity index (χ1n) is 6.05. The lowest BCUT2D eigenvalue weighted by atomic mass is 9.89. The number of aromatic nitrogens is 4. The van der Waals surface area contributed by atoms with Crippen molar-refractivity contribution in [2.45, 2.75) is 25.0 Å². The van der Waals surface area contributed by atoms with E-state index in [1.165, 1.54) is 0 Å². The van der Waals surface area contributed by atoms with Crippen LogP contribution in [0.4, 0.5) is 0 Å². The fraction of sp³-hybridized carbons (Fsp3) is 0.333. The number of hydrogen-bond acceptors (Lipinski definition) is 5. The van der Waals surface area contributed by atoms with Gasteiger partial charge in [0.05, 0.1) is 6.10 Å². The Hall–Kier alpha value is -2.28. The van der Waals surface area contributed by atoms with Crippen LogP contribution in [0.2, 0.25) is 0 Å². The summed E-state index contributed by atoms with van der Waals surface area (Å²) in [6.45, 7) is 0. The molecule has 1 heterocycles. The molecule has 1 saturated carbocycles. The second-order valence-electron chi connectivity index (χ2n) is 4.61. The lowest BCUT2D eigenvalue weighted by molar-refractivity contribution is 0.0562. The van der Waals surface area contributed by atoms with Crippen LogP contribution in [0, 0.1) is 0 Å². The van der Waals surface area contributed by atoms with E-state index in [2.05, 4.69) is 25.9 Å². The van der Waals surface area contributed by atoms with Gasteiger partial charge in [-0.2, -0.15) is 5.21 Å². The maximum absolute atomic E-state index is 12.0. The fourth-order valence-corrected chi connectivity index (χ4v) is 2.06. The van der Waals surface area contributed by atoms with Crippen molar-refractivity contribution in [3.63, 3.8) is 0 Å². The number of carbonyl (C=O) groups is 1. The van der Waals surface area contributed by atoms with Crippen LogP contribution in [0.3, 0.4) is 0 Å². The molecule has 0 aliphatic heterocycles. The molecule has 7 nitrogen and oxygen atoms in total. The van der Waals surface area contributed by atoms with Crippen molar-refractivity contribution in [2.75, 3.05) is 0 Å². The number of aliphatic hydroxyl groups excluding tert-OH is 1. The third-order valence-electron chi connectivity index (χ3n) is 3.18. The molecular weight excluding hydrogens is 246 g/mol. The zero-order valence-electron chi connectivity index (χ0n) is 10.1. The Morgan fingerprint density at radius 1 is 1.42 bits per heavy atom. The van der Waals surface area contributed by atoms with Gasteiger partial charge in [0.15, 0.2) is 0 Å². The van der Waals surface area contributed by atoms with Crippen molar-refractivity contribution in [2.24, 2.45) is 0 Å². The number of hydrogen-bond donors (Lipinski definition) is 3. The minimum atomic E-state index is -0.282. The number of benzene rings is 1. The largest absolute Gasteiger partial charge is 0.393 e. The molecular formula is C12H13N5O2. The first-order chi connectivity index (χ1) is 9.22. The monoisotopic (exact) mass is 259 g/mol. The van der Waals surface area contributed by atoms with Gasteiger partial charge in [0, 0.05) is 17.2 Å². The van der Waals surface area contributed by atoms with Gasteiger partial charge in [0.25, 0.3) is 5.91 Å². The van der Waals surface area contributed by atoms with Crippen molar-refractivity contribution >= 4 is 5.91 Å². The molecule has 2 aromatic rings. The summed E-state index contributed by atoms with van der Waals surface area (Å²) in [6.07, 6.45) is 0.961. The molecule has 1 amide bonds. The van der Waals surface area contributed by atoms with Crippen molar-refractivity contribution in [1.29, 1.82) is 0 Å². The molecule has 3 rings (SSSR count). The maximum atomic E-state index is 12.0. The highest BCUT2D eigenvalue weighted by atomic mass is 16.3. The van der Waals surface area contributed by atoms with Crippen LogP contribution in [-0.4, -0.2) is 43.8 Å². The third kappa shape index (κ3) is 2.45. The Balaban J connectivity index is 1.74. The van der Waals surface area contributed by atoms with E-state index in [0.29, 0.717) is 24.2 Å². The highest BCUT2D eigenvalue weighted by molar-refractivity contribution is 5.95. The van der Waals surface area contributed by atoms with E-state index in [1.807, 2.05) is 6.07 Å². The quantitative estimate of drug-likeness (QED) is 0.726. The first kappa shape index (κ1) is 11.8. The number of nitrogens with zero attached hydrogens (tertiary/aromatic N) is 3. The van der Waals surface area contributed by atoms with Gasteiger partial charge in [-0.25, -0.2) is 0 Å². The summed E-state index contributed by atoms with van der Waals surface area (Å²) in [7, 11) is 0. The standard InChI is InChI=1S/C12H13N5O2/c18-10-5-9(6-10)13-12(19)8-3-1-2-7(4-8)11-14-16-17-15-11/h1-4,9-10,18H,5-6H2,(H,13,19)(H,14,15,16,17). The zero-order chi connectivity index (χ0) is 13.2. The number of aliphatic hydroxyl groups is 1. The molecule has 1 aromatic heterocycles. The Bertz CT molecular complexity index is 578. The molecule has 1 fully saturated rings. The molecule has 1 aliphatic rings. The molecule has 98 valence electrons. The van der Waals surface area contributed by atoms with Gasteiger partial charge < -0.3 is 10.4 Å². The number of tetrazole rings is 1. The Morgan fingerprint density at radius 2 is 2.26 bits per heavy atom. The van der Waals surface area contributed by atoms with E-state index in [1.54, 1.807) is 18.2 Å². The molecule has 0 radical (unpaired) electrons. The average molecular weight is 259 g/mol. The minimum Gasteiger partial charge on any atom is -0.393 e. The van der Waals surface area contributed by atoms with Crippen molar-refractivity contribution in [1.82, 2.24) is 25.9 Å². The van der Waals surface area contributed by atoms with Gasteiger partial charge in [-0.15, -0.1) is 10.2 Å². The molecule has 1 aliphatic carbocycles. The lowest BCUT2D eigenvalue weighted by Gasteiger charge is -2.31. The first-order valence-corrected chi connectivity index (χ1v) is 6.05. The predicted molar refractivity (Wildman–Crippen MR) is 66.1 cm³/mol. The highest BCUT2D eigenvalue weighted by Crippen LogP contribution is 2.20. The number of aromatic amines is 1. The number of H-pyrrole nitrogens is 1. The van der Waals surface area contributed by atoms with E-state index in [9.17, 15) is 9.90 Å². The molecule has 7 heteroatoms. The van der Waals surface area contributed by atoms with Crippen LogP contribution >= 0.6 is 0 Å². The average Bonchev–Trinajstić information content (AvgIpc) is 2.91. The summed E-state index contributed by atoms with van der Waals surface area (Å²) in [5.41, 5.74) is 1.28. The molecule has 3 N–H and O–H groups in total. The summed E-state index contributed by atoms with van der Waals surface area (Å²) < 4.78 is 0. The van der Waals surface area contributed by atoms with E-state index in [-0.39, 0.29) is 18.1 Å². The SMILES string of the molecule is O=C(NC1CC(O)C1)c1cccc(-c2nn[nH]n2)c1. The summed E-state index contributed by atoms with van der Waals surface area (Å²) in [4.78, 5) is 12.0. The van der Waals surface area contributed by atoms with Gasteiger partial charge in [0.1, 0.15) is 0 Å². The van der Waals surface area contributed by atoms with Crippen molar-refractivity contribution in [3.8, 4) is 11.4 Å². The van der Waals surface area contributed by atoms with Crippen LogP contribution in [0.15, 0.2) is 24.3 Å². The Labute approximate surface area is 109 Å². The molecule has 0 saturated heterocycles. The minimum absolute atomic E-state index is 0.0660. The van der Waals surface area contributed by atoms with Crippen LogP contribution in [0.5, 0.6) is 0 Å². The third-order valence-corrected chi connectivity index (χ3v) is 3.18. The van der Waals surface area contributed by atoms with E-state index < -0.39 is 0 Å². The number of carbonyl (C=O) groups excluding carboxylic acids is 1. The van der Waals surface area contributed by atoms with Crippen molar-refractivity contribution in [3.05, 3.63) is 29.8 Å². The van der Waals surface area contributed by atoms with Gasteiger partial charge in [-0.3, -0.25) is 4.79 Å². The summed E-state index contributed by atoms with van der Waals surface area (Å²) in [5.74, 6) is 0.302. The van der Waals surface area contributed by atoms with Crippen LogP contribution in [-0.2, 0) is 0 Å². The fourth-order valence-electron chi connectivity index (χ4n) is 2.06. The highest BCUT2D eigenvalue weighted by Gasteiger charge is 2.28. The molecule has 1 aromatic carbocycles. The smallest absolute Gasteiger partial charge is 0.251 e. The maximum Gasteiger partial charge on any atom is 0.251 e. The number of amides is 1. The summed E-state index contributed by atoms with van der Waals surface area (Å²) >= 11 is 0. The normalized spacial score (nSPS) is 21.7. The van der Waals surface area contributed by atoms with Gasteiger partial charge >= 0.3 is 0 Å². The van der Waals surface area contributed by atoms with E-state index >= 15 is 0 Å². The van der Waals surface area contributed by atoms with Crippen LogP contribution < -0.4 is 5.32 Å². The summed E-state index contributed by atoms with van der Waals surface area (Å²) in [6, 6.07) is 7.10. The zero-order valence-corrected chi connectivity index (χ0v) is 10.1. The van der Waals surface area contributed by atoms with Gasteiger partial charge in [0.2, 0.25) is 5.82 Å². The molecule has 0 spiro atoms. The van der Waals surface area contributed by atoms with Gasteiger partial charge in [-0.1, -0.05) is 12.1 Å². The number of rotatable bonds is 3. The molecule has 19 heavy (non-hydrogen) atoms. The second kappa shape index (κ2) is 4.77. The lowest BCUT2D eigenvalue weighted by Crippen LogP contribution is -2.46. The van der Waals surface area contributed by atoms with Crippen LogP contribution in [0.1, 0.15) is 23.2 Å². The molecule has 0 atom stereocenters. The van der Waals surface area contributed by atoms with Crippen molar-refractivity contribution < 1.29 is 9.90 Å². The summed E-state index contributed by atoms with van der Waals surface area (Å²) in [5, 5.41) is 25.7. The predicted octanol–water partition coefficient (Wildman–Crippen LogP) is 0.120. The molecule has 0 unspecified atom stereocenters. The van der Waals surface area contributed by atoms with Gasteiger partial charge in [-0.05, 0) is 30.2 Å². The Morgan fingerprint density at radius 3 is 2.95 bits per heavy atom. The van der Waals surface area contributed by atoms with E-state index in [0.717, 1.165) is 5.56 Å².